The lowest BCUT2D eigenvalue weighted by molar-refractivity contribution is 0.474. The molecular formula is C52H56O4P2. The van der Waals surface area contributed by atoms with Gasteiger partial charge < -0.3 is 18.1 Å². The van der Waals surface area contributed by atoms with Crippen molar-refractivity contribution in [3.63, 3.8) is 0 Å². The maximum atomic E-state index is 7.51. The van der Waals surface area contributed by atoms with E-state index in [1.807, 2.05) is 12.1 Å². The average molecular weight is 807 g/mol. The van der Waals surface area contributed by atoms with Crippen LogP contribution in [0, 0.1) is 0 Å². The van der Waals surface area contributed by atoms with Crippen LogP contribution in [-0.2, 0) is 21.7 Å². The first-order chi connectivity index (χ1) is 27.3. The summed E-state index contributed by atoms with van der Waals surface area (Å²) in [6, 6.07) is 43.0. The second-order valence-corrected chi connectivity index (χ2v) is 22.4. The molecule has 0 saturated carbocycles. The van der Waals surface area contributed by atoms with Crippen molar-refractivity contribution in [2.24, 2.45) is 0 Å². The number of benzene rings is 6. The van der Waals surface area contributed by atoms with Gasteiger partial charge in [-0.3, -0.25) is 0 Å². The van der Waals surface area contributed by atoms with Crippen LogP contribution in [0.4, 0.5) is 0 Å². The third-order valence-corrected chi connectivity index (χ3v) is 14.1. The Hall–Kier alpha value is -4.62. The summed E-state index contributed by atoms with van der Waals surface area (Å²) in [5, 5.41) is 2.12. The molecule has 0 aromatic heterocycles. The molecule has 0 fully saturated rings. The van der Waals surface area contributed by atoms with Gasteiger partial charge in [-0.05, 0) is 80.3 Å². The van der Waals surface area contributed by atoms with Gasteiger partial charge in [0.15, 0.2) is 0 Å². The molecule has 0 aliphatic carbocycles. The second kappa shape index (κ2) is 14.6. The van der Waals surface area contributed by atoms with Crippen LogP contribution < -0.4 is 28.7 Å². The van der Waals surface area contributed by atoms with Gasteiger partial charge in [-0.15, -0.1) is 0 Å². The van der Waals surface area contributed by atoms with Crippen LogP contribution >= 0.6 is 16.8 Å². The van der Waals surface area contributed by atoms with Crippen LogP contribution in [0.1, 0.15) is 105 Å². The molecule has 6 aromatic rings. The van der Waals surface area contributed by atoms with E-state index >= 15 is 0 Å². The number of para-hydroxylation sites is 2. The summed E-state index contributed by atoms with van der Waals surface area (Å²) in [5.41, 5.74) is 10.3. The molecule has 0 saturated heterocycles. The Morgan fingerprint density at radius 2 is 0.690 bits per heavy atom. The average Bonchev–Trinajstić information content (AvgIpc) is 3.16. The van der Waals surface area contributed by atoms with Crippen LogP contribution in [0.25, 0.3) is 33.4 Å². The van der Waals surface area contributed by atoms with Crippen LogP contribution in [0.2, 0.25) is 0 Å². The van der Waals surface area contributed by atoms with E-state index < -0.39 is 16.8 Å². The normalized spacial score (nSPS) is 16.2. The van der Waals surface area contributed by atoms with E-state index in [9.17, 15) is 0 Å². The van der Waals surface area contributed by atoms with Gasteiger partial charge in [0.1, 0.15) is 23.0 Å². The van der Waals surface area contributed by atoms with Crippen LogP contribution in [0.3, 0.4) is 0 Å². The largest absolute Gasteiger partial charge is 0.435 e. The summed E-state index contributed by atoms with van der Waals surface area (Å²) in [5.74, 6) is 3.31. The molecule has 4 nitrogen and oxygen atoms in total. The van der Waals surface area contributed by atoms with Crippen molar-refractivity contribution in [3.05, 3.63) is 144 Å². The Labute approximate surface area is 348 Å². The molecule has 0 spiro atoms. The molecular weight excluding hydrogens is 751 g/mol. The van der Waals surface area contributed by atoms with Gasteiger partial charge in [0.25, 0.3) is 0 Å². The zero-order valence-electron chi connectivity index (χ0n) is 36.1. The van der Waals surface area contributed by atoms with Crippen molar-refractivity contribution in [2.75, 3.05) is 0 Å². The zero-order valence-corrected chi connectivity index (χ0v) is 37.9. The van der Waals surface area contributed by atoms with E-state index in [0.29, 0.717) is 0 Å². The molecule has 0 amide bonds. The van der Waals surface area contributed by atoms with E-state index in [2.05, 4.69) is 192 Å². The van der Waals surface area contributed by atoms with Crippen molar-refractivity contribution in [2.45, 2.75) is 105 Å². The molecule has 6 heteroatoms. The first-order valence-electron chi connectivity index (χ1n) is 20.4. The predicted molar refractivity (Wildman–Crippen MR) is 246 cm³/mol. The molecule has 8 rings (SSSR count). The molecule has 58 heavy (non-hydrogen) atoms. The van der Waals surface area contributed by atoms with E-state index in [0.717, 1.165) is 78.1 Å². The highest BCUT2D eigenvalue weighted by Gasteiger charge is 2.38. The lowest BCUT2D eigenvalue weighted by Gasteiger charge is -2.35. The first kappa shape index (κ1) is 40.2. The van der Waals surface area contributed by atoms with E-state index in [1.165, 1.54) is 11.1 Å². The lowest BCUT2D eigenvalue weighted by Crippen LogP contribution is -2.22. The fraction of sp³-hybridized carbons (Fsp3) is 0.308. The third-order valence-electron chi connectivity index (χ3n) is 11.1. The van der Waals surface area contributed by atoms with Gasteiger partial charge in [0.2, 0.25) is 0 Å². The minimum atomic E-state index is -1.57. The molecule has 2 heterocycles. The van der Waals surface area contributed by atoms with Gasteiger partial charge in [-0.25, -0.2) is 0 Å². The molecule has 2 aliphatic heterocycles. The minimum Gasteiger partial charge on any atom is -0.435 e. The quantitative estimate of drug-likeness (QED) is 0.163. The van der Waals surface area contributed by atoms with Gasteiger partial charge in [-0.2, -0.15) is 0 Å². The summed E-state index contributed by atoms with van der Waals surface area (Å²) < 4.78 is 28.8. The van der Waals surface area contributed by atoms with Gasteiger partial charge in [0.05, 0.1) is 10.6 Å². The van der Waals surface area contributed by atoms with Crippen molar-refractivity contribution >= 4 is 27.4 Å². The molecule has 0 bridgehead atoms. The van der Waals surface area contributed by atoms with E-state index in [4.69, 9.17) is 18.1 Å². The monoisotopic (exact) mass is 806 g/mol. The molecule has 298 valence electrons. The smallest absolute Gasteiger partial charge is 0.326 e. The molecule has 0 radical (unpaired) electrons. The maximum absolute atomic E-state index is 7.51. The van der Waals surface area contributed by atoms with Crippen LogP contribution in [-0.4, -0.2) is 0 Å². The molecule has 2 aliphatic rings. The van der Waals surface area contributed by atoms with Crippen molar-refractivity contribution in [1.29, 1.82) is 0 Å². The van der Waals surface area contributed by atoms with Gasteiger partial charge in [0, 0.05) is 33.4 Å². The van der Waals surface area contributed by atoms with Crippen LogP contribution in [0.15, 0.2) is 121 Å². The Balaban J connectivity index is 1.42. The first-order valence-corrected chi connectivity index (χ1v) is 22.7. The molecule has 2 atom stereocenters. The number of hydrogen-bond donors (Lipinski definition) is 0. The van der Waals surface area contributed by atoms with Gasteiger partial charge in [-0.1, -0.05) is 168 Å². The highest BCUT2D eigenvalue weighted by atomic mass is 31.2. The zero-order chi connectivity index (χ0) is 41.4. The Morgan fingerprint density at radius 3 is 1.03 bits per heavy atom. The second-order valence-electron chi connectivity index (χ2n) is 19.7. The number of rotatable bonds is 5. The maximum Gasteiger partial charge on any atom is 0.326 e. The highest BCUT2D eigenvalue weighted by Crippen LogP contribution is 2.58. The molecule has 2 unspecified atom stereocenters. The Morgan fingerprint density at radius 1 is 0.362 bits per heavy atom. The Bertz CT molecular complexity index is 2350. The fourth-order valence-corrected chi connectivity index (χ4v) is 10.7. The topological polar surface area (TPSA) is 36.9 Å². The molecule has 6 aromatic carbocycles. The van der Waals surface area contributed by atoms with E-state index in [1.54, 1.807) is 0 Å². The van der Waals surface area contributed by atoms with Crippen molar-refractivity contribution in [1.82, 2.24) is 0 Å². The number of fused-ring (bicyclic) bond motifs is 6. The number of hydrogen-bond acceptors (Lipinski definition) is 4. The minimum absolute atomic E-state index is 0.153. The summed E-state index contributed by atoms with van der Waals surface area (Å²) in [6.45, 7) is 27.4. The van der Waals surface area contributed by atoms with Crippen LogP contribution in [0.5, 0.6) is 23.0 Å². The molecule has 0 N–H and O–H groups in total. The van der Waals surface area contributed by atoms with Gasteiger partial charge >= 0.3 is 16.8 Å². The van der Waals surface area contributed by atoms with Crippen molar-refractivity contribution < 1.29 is 18.1 Å². The van der Waals surface area contributed by atoms with E-state index in [-0.39, 0.29) is 21.7 Å². The summed E-state index contributed by atoms with van der Waals surface area (Å²) in [7, 11) is -3.14. The fourth-order valence-electron chi connectivity index (χ4n) is 7.67. The standard InChI is InChI=1S/C52H56O4P2/c1-49(2,3)33-29-39(47(41(31-33)51(7,8)9)55-57-45-27-19-15-23-37(45)35-21-13-17-25-43(35)53-57)40-30-34(50(4,5)6)32-42(52(10,11)12)48(40)56-58-46-28-20-16-24-38(46)36-22-14-18-26-44(36)54-58/h13-32H,1-12H3. The summed E-state index contributed by atoms with van der Waals surface area (Å²) in [6.07, 6.45) is 0. The summed E-state index contributed by atoms with van der Waals surface area (Å²) >= 11 is 0. The summed E-state index contributed by atoms with van der Waals surface area (Å²) in [4.78, 5) is 0. The Kier molecular flexibility index (Phi) is 10.1. The highest BCUT2D eigenvalue weighted by molar-refractivity contribution is 7.57. The SMILES string of the molecule is CC(C)(C)c1cc(-c2cc(C(C)(C)C)cc(C(C)(C)C)c2OP2Oc3ccccc3-c3ccccc32)c(OP2Oc3ccccc3-c3ccccc32)c(C(C)(C)C)c1. The lowest BCUT2D eigenvalue weighted by atomic mass is 9.75. The van der Waals surface area contributed by atoms with Crippen molar-refractivity contribution in [3.8, 4) is 56.4 Å². The third kappa shape index (κ3) is 7.56. The predicted octanol–water partition coefficient (Wildman–Crippen LogP) is 14.7.